The van der Waals surface area contributed by atoms with Crippen molar-refractivity contribution in [2.45, 2.75) is 12.6 Å². The van der Waals surface area contributed by atoms with Gasteiger partial charge in [-0.05, 0) is 54.1 Å². The van der Waals surface area contributed by atoms with Gasteiger partial charge in [0.25, 0.3) is 11.7 Å². The average molecular weight is 484 g/mol. The Hall–Kier alpha value is -3.48. The smallest absolute Gasteiger partial charge is 0.296 e. The molecule has 2 aromatic carbocycles. The summed E-state index contributed by atoms with van der Waals surface area (Å²) >= 11 is 12.3. The number of carbonyl (C=O) groups excluding carboxylic acids is 2. The molecule has 1 fully saturated rings. The van der Waals surface area contributed by atoms with Crippen molar-refractivity contribution >= 4 is 40.7 Å². The van der Waals surface area contributed by atoms with E-state index in [1.807, 2.05) is 0 Å². The number of ether oxygens (including phenoxy) is 1. The SMILES string of the molecule is C=CCOc1ccc(/C(O)=C2/C(=O)C(=O)N(Cc3ccco3)C2c2ccc(Cl)c(Cl)c2)cc1. The average Bonchev–Trinajstić information content (AvgIpc) is 3.42. The van der Waals surface area contributed by atoms with Gasteiger partial charge in [-0.1, -0.05) is 41.9 Å². The molecular formula is C25H19Cl2NO5. The third-order valence-corrected chi connectivity index (χ3v) is 5.94. The van der Waals surface area contributed by atoms with E-state index < -0.39 is 17.7 Å². The molecule has 1 atom stereocenters. The molecule has 3 aromatic rings. The Labute approximate surface area is 200 Å². The number of aliphatic hydroxyl groups excluding tert-OH is 1. The van der Waals surface area contributed by atoms with Crippen LogP contribution in [-0.4, -0.2) is 28.3 Å². The number of aliphatic hydroxyl groups is 1. The van der Waals surface area contributed by atoms with Crippen LogP contribution >= 0.6 is 23.2 Å². The Morgan fingerprint density at radius 1 is 1.12 bits per heavy atom. The zero-order chi connectivity index (χ0) is 23.5. The van der Waals surface area contributed by atoms with E-state index in [2.05, 4.69) is 6.58 Å². The Morgan fingerprint density at radius 3 is 2.52 bits per heavy atom. The number of ketones is 1. The summed E-state index contributed by atoms with van der Waals surface area (Å²) in [5, 5.41) is 11.7. The molecule has 1 amide bonds. The van der Waals surface area contributed by atoms with E-state index in [0.29, 0.717) is 34.3 Å². The van der Waals surface area contributed by atoms with Gasteiger partial charge in [0, 0.05) is 5.56 Å². The number of benzene rings is 2. The lowest BCUT2D eigenvalue weighted by Gasteiger charge is -2.24. The van der Waals surface area contributed by atoms with Gasteiger partial charge in [0.05, 0.1) is 34.5 Å². The Morgan fingerprint density at radius 2 is 1.88 bits per heavy atom. The Bertz CT molecular complexity index is 1230. The lowest BCUT2D eigenvalue weighted by Crippen LogP contribution is -2.29. The third-order valence-electron chi connectivity index (χ3n) is 5.20. The van der Waals surface area contributed by atoms with Crippen LogP contribution in [0.25, 0.3) is 5.76 Å². The summed E-state index contributed by atoms with van der Waals surface area (Å²) in [4.78, 5) is 27.4. The van der Waals surface area contributed by atoms with E-state index in [1.54, 1.807) is 60.7 Å². The summed E-state index contributed by atoms with van der Waals surface area (Å²) in [5.41, 5.74) is 0.842. The molecule has 168 valence electrons. The van der Waals surface area contributed by atoms with E-state index in [-0.39, 0.29) is 22.9 Å². The van der Waals surface area contributed by atoms with Crippen molar-refractivity contribution in [1.29, 1.82) is 0 Å². The fourth-order valence-corrected chi connectivity index (χ4v) is 3.97. The molecule has 33 heavy (non-hydrogen) atoms. The number of carbonyl (C=O) groups is 2. The van der Waals surface area contributed by atoms with Gasteiger partial charge in [-0.15, -0.1) is 0 Å². The second kappa shape index (κ2) is 9.57. The summed E-state index contributed by atoms with van der Waals surface area (Å²) in [6, 6.07) is 13.9. The van der Waals surface area contributed by atoms with Crippen LogP contribution in [0.4, 0.5) is 0 Å². The molecule has 6 nitrogen and oxygen atoms in total. The number of nitrogens with zero attached hydrogens (tertiary/aromatic N) is 1. The number of furan rings is 1. The highest BCUT2D eigenvalue weighted by molar-refractivity contribution is 6.46. The quantitative estimate of drug-likeness (QED) is 0.199. The van der Waals surface area contributed by atoms with Crippen LogP contribution < -0.4 is 4.74 Å². The van der Waals surface area contributed by atoms with Crippen molar-refractivity contribution in [3.05, 3.63) is 106 Å². The Balaban J connectivity index is 1.81. The van der Waals surface area contributed by atoms with E-state index >= 15 is 0 Å². The standard InChI is InChI=1S/C25H19Cl2NO5/c1-2-11-32-17-8-5-15(6-9-17)23(29)21-22(16-7-10-19(26)20(27)13-16)28(25(31)24(21)30)14-18-4-3-12-33-18/h2-10,12-13,22,29H,1,11,14H2/b23-21-. The first-order chi connectivity index (χ1) is 15.9. The molecule has 0 aliphatic carbocycles. The zero-order valence-corrected chi connectivity index (χ0v) is 18.8. The Kier molecular flexibility index (Phi) is 6.58. The van der Waals surface area contributed by atoms with Crippen molar-refractivity contribution in [2.24, 2.45) is 0 Å². The summed E-state index contributed by atoms with van der Waals surface area (Å²) in [5.74, 6) is -0.796. The largest absolute Gasteiger partial charge is 0.507 e. The van der Waals surface area contributed by atoms with Crippen LogP contribution in [-0.2, 0) is 16.1 Å². The van der Waals surface area contributed by atoms with Crippen LogP contribution in [0, 0.1) is 0 Å². The van der Waals surface area contributed by atoms with Crippen molar-refractivity contribution in [1.82, 2.24) is 4.90 Å². The maximum Gasteiger partial charge on any atom is 0.296 e. The number of hydrogen-bond acceptors (Lipinski definition) is 5. The van der Waals surface area contributed by atoms with Gasteiger partial charge < -0.3 is 19.2 Å². The molecule has 1 unspecified atom stereocenters. The minimum atomic E-state index is -0.887. The van der Waals surface area contributed by atoms with Crippen molar-refractivity contribution in [3.63, 3.8) is 0 Å². The van der Waals surface area contributed by atoms with Crippen LogP contribution in [0.2, 0.25) is 10.0 Å². The number of halogens is 2. The minimum absolute atomic E-state index is 0.0353. The van der Waals surface area contributed by atoms with E-state index in [1.165, 1.54) is 11.2 Å². The second-order valence-corrected chi connectivity index (χ2v) is 8.12. The molecule has 0 radical (unpaired) electrons. The summed E-state index contributed by atoms with van der Waals surface area (Å²) in [6.45, 7) is 3.97. The topological polar surface area (TPSA) is 80.0 Å². The lowest BCUT2D eigenvalue weighted by molar-refractivity contribution is -0.140. The first-order valence-corrected chi connectivity index (χ1v) is 10.8. The van der Waals surface area contributed by atoms with E-state index in [0.717, 1.165) is 0 Å². The van der Waals surface area contributed by atoms with Gasteiger partial charge in [-0.25, -0.2) is 0 Å². The number of hydrogen-bond donors (Lipinski definition) is 1. The van der Waals surface area contributed by atoms with Gasteiger partial charge in [0.2, 0.25) is 0 Å². The minimum Gasteiger partial charge on any atom is -0.507 e. The van der Waals surface area contributed by atoms with E-state index in [9.17, 15) is 14.7 Å². The number of rotatable bonds is 7. The summed E-state index contributed by atoms with van der Waals surface area (Å²) < 4.78 is 10.8. The van der Waals surface area contributed by atoms with Crippen LogP contribution in [0.1, 0.15) is 22.9 Å². The molecule has 0 spiro atoms. The molecule has 1 aliphatic heterocycles. The fourth-order valence-electron chi connectivity index (χ4n) is 3.66. The second-order valence-electron chi connectivity index (χ2n) is 7.30. The van der Waals surface area contributed by atoms with Gasteiger partial charge in [-0.3, -0.25) is 9.59 Å². The van der Waals surface area contributed by atoms with E-state index in [4.69, 9.17) is 32.4 Å². The van der Waals surface area contributed by atoms with Gasteiger partial charge >= 0.3 is 0 Å². The number of likely N-dealkylation sites (tertiary alicyclic amines) is 1. The van der Waals surface area contributed by atoms with Crippen LogP contribution in [0.5, 0.6) is 5.75 Å². The molecule has 1 aromatic heterocycles. The van der Waals surface area contributed by atoms with Gasteiger partial charge in [0.1, 0.15) is 23.9 Å². The highest BCUT2D eigenvalue weighted by Crippen LogP contribution is 2.41. The zero-order valence-electron chi connectivity index (χ0n) is 17.3. The fraction of sp³-hybridized carbons (Fsp3) is 0.120. The highest BCUT2D eigenvalue weighted by Gasteiger charge is 2.46. The summed E-state index contributed by atoms with van der Waals surface area (Å²) in [6.07, 6.45) is 3.10. The van der Waals surface area contributed by atoms with Gasteiger partial charge in [-0.2, -0.15) is 0 Å². The van der Waals surface area contributed by atoms with Crippen LogP contribution in [0.15, 0.2) is 83.5 Å². The van der Waals surface area contributed by atoms with Gasteiger partial charge in [0.15, 0.2) is 0 Å². The molecule has 8 heteroatoms. The van der Waals surface area contributed by atoms with Crippen molar-refractivity contribution in [2.75, 3.05) is 6.61 Å². The first-order valence-electron chi connectivity index (χ1n) is 10.0. The number of Topliss-reactive ketones (excluding diaryl/α,β-unsaturated/α-hetero) is 1. The summed E-state index contributed by atoms with van der Waals surface area (Å²) in [7, 11) is 0. The highest BCUT2D eigenvalue weighted by atomic mass is 35.5. The number of amides is 1. The normalized spacial score (nSPS) is 17.4. The molecule has 1 aliphatic rings. The molecular weight excluding hydrogens is 465 g/mol. The maximum absolute atomic E-state index is 13.1. The molecule has 1 N–H and O–H groups in total. The van der Waals surface area contributed by atoms with Crippen LogP contribution in [0.3, 0.4) is 0 Å². The third kappa shape index (κ3) is 4.53. The van der Waals surface area contributed by atoms with Crippen molar-refractivity contribution in [3.8, 4) is 5.75 Å². The predicted octanol–water partition coefficient (Wildman–Crippen LogP) is 5.77. The monoisotopic (exact) mass is 483 g/mol. The maximum atomic E-state index is 13.1. The molecule has 4 rings (SSSR count). The lowest BCUT2D eigenvalue weighted by atomic mass is 9.95. The predicted molar refractivity (Wildman–Crippen MR) is 125 cm³/mol. The molecule has 2 heterocycles. The molecule has 0 saturated carbocycles. The van der Waals surface area contributed by atoms with Crippen molar-refractivity contribution < 1.29 is 23.8 Å². The molecule has 0 bridgehead atoms. The molecule has 1 saturated heterocycles. The first kappa shape index (κ1) is 22.7.